The zero-order chi connectivity index (χ0) is 10.8. The maximum absolute atomic E-state index is 9.24. The number of ether oxygens (including phenoxy) is 1. The number of hydrogen-bond acceptors (Lipinski definition) is 3. The molecule has 0 radical (unpaired) electrons. The largest absolute Gasteiger partial charge is 0.508 e. The van der Waals surface area contributed by atoms with Crippen LogP contribution in [0.3, 0.4) is 0 Å². The summed E-state index contributed by atoms with van der Waals surface area (Å²) >= 11 is 5.89. The van der Waals surface area contributed by atoms with Crippen LogP contribution in [0.25, 0.3) is 0 Å². The molecule has 1 aliphatic carbocycles. The Balaban J connectivity index is 0.00000128. The van der Waals surface area contributed by atoms with Crippen LogP contribution in [0.15, 0.2) is 23.2 Å². The van der Waals surface area contributed by atoms with Gasteiger partial charge in [-0.15, -0.1) is 6.04 Å². The molecule has 1 aromatic rings. The number of phenols is 1. The molecule has 1 aliphatic rings. The Kier molecular flexibility index (Phi) is 5.37. The maximum Gasteiger partial charge on any atom is 0.141 e. The van der Waals surface area contributed by atoms with Crippen LogP contribution in [-0.2, 0) is 0 Å². The first kappa shape index (κ1) is 14.1. The van der Waals surface area contributed by atoms with Crippen molar-refractivity contribution in [1.82, 2.24) is 0 Å². The van der Waals surface area contributed by atoms with E-state index in [1.54, 1.807) is 6.07 Å². The van der Waals surface area contributed by atoms with E-state index in [0.717, 1.165) is 12.5 Å². The third-order valence-corrected chi connectivity index (χ3v) is 2.64. The second-order valence-electron chi connectivity index (χ2n) is 3.48. The minimum absolute atomic E-state index is 0. The van der Waals surface area contributed by atoms with Gasteiger partial charge < -0.3 is 14.8 Å². The fraction of sp³-hybridized carbons (Fsp3) is 0.273. The Hall–Kier alpha value is 0.0266. The number of halogens is 1. The summed E-state index contributed by atoms with van der Waals surface area (Å²) in [5.74, 6) is 1.02. The molecular weight excluding hydrogens is 354 g/mol. The minimum Gasteiger partial charge on any atom is -0.508 e. The molecule has 1 fully saturated rings. The summed E-state index contributed by atoms with van der Waals surface area (Å²) in [6, 6.07) is 5.71. The van der Waals surface area contributed by atoms with Crippen LogP contribution in [0.2, 0.25) is 5.02 Å². The molecule has 0 heterocycles. The minimum atomic E-state index is 0. The monoisotopic (exact) mass is 364 g/mol. The molecular formula is C11H11CeClNO2-. The molecule has 0 saturated heterocycles. The molecule has 16 heavy (non-hydrogen) atoms. The van der Waals surface area contributed by atoms with Crippen LogP contribution in [0.5, 0.6) is 11.5 Å². The molecule has 84 valence electrons. The van der Waals surface area contributed by atoms with Crippen molar-refractivity contribution in [2.45, 2.75) is 6.42 Å². The van der Waals surface area contributed by atoms with E-state index >= 15 is 0 Å². The van der Waals surface area contributed by atoms with Crippen molar-refractivity contribution in [2.24, 2.45) is 10.9 Å². The topological polar surface area (TPSA) is 41.8 Å². The van der Waals surface area contributed by atoms with Gasteiger partial charge in [0.15, 0.2) is 0 Å². The van der Waals surface area contributed by atoms with Gasteiger partial charge in [0.2, 0.25) is 0 Å². The molecule has 0 spiro atoms. The fourth-order valence-electron chi connectivity index (χ4n) is 1.34. The molecule has 0 bridgehead atoms. The van der Waals surface area contributed by atoms with Gasteiger partial charge >= 0.3 is 0 Å². The summed E-state index contributed by atoms with van der Waals surface area (Å²) in [6.45, 7) is 3.99. The molecule has 0 amide bonds. The van der Waals surface area contributed by atoms with Crippen molar-refractivity contribution in [2.75, 3.05) is 6.61 Å². The van der Waals surface area contributed by atoms with Crippen LogP contribution in [0.4, 0.5) is 0 Å². The first-order valence-corrected chi connectivity index (χ1v) is 5.02. The average Bonchev–Trinajstić information content (AvgIpc) is 2.98. The number of benzene rings is 1. The Morgan fingerprint density at radius 3 is 3.00 bits per heavy atom. The van der Waals surface area contributed by atoms with Gasteiger partial charge in [0.05, 0.1) is 11.6 Å². The number of rotatable bonds is 4. The van der Waals surface area contributed by atoms with Crippen LogP contribution >= 0.6 is 11.6 Å². The van der Waals surface area contributed by atoms with Crippen molar-refractivity contribution < 1.29 is 51.6 Å². The summed E-state index contributed by atoms with van der Waals surface area (Å²) < 4.78 is 5.47. The SMILES string of the molecule is C=N[C-]1CC1COc1cc(O)ccc1Cl.[Ce]. The second-order valence-corrected chi connectivity index (χ2v) is 3.88. The van der Waals surface area contributed by atoms with Gasteiger partial charge in [0.1, 0.15) is 11.5 Å². The van der Waals surface area contributed by atoms with E-state index in [1.807, 2.05) is 0 Å². The summed E-state index contributed by atoms with van der Waals surface area (Å²) in [6.07, 6.45) is 0.944. The van der Waals surface area contributed by atoms with Gasteiger partial charge in [-0.05, 0) is 18.1 Å². The van der Waals surface area contributed by atoms with Gasteiger partial charge in [-0.2, -0.15) is 6.72 Å². The molecule has 5 heteroatoms. The molecule has 1 aromatic carbocycles. The average molecular weight is 365 g/mol. The number of aliphatic imine (C=N–C) groups is 1. The predicted octanol–water partition coefficient (Wildman–Crippen LogP) is 2.68. The standard InChI is InChI=1S/C11H11ClNO2.Ce/c1-13-10-4-7(10)6-15-11-5-8(14)2-3-9(11)12;/h2-3,5,7,14H,1,4,6H2;/q-1;. The summed E-state index contributed by atoms with van der Waals surface area (Å²) in [5.41, 5.74) is 0. The van der Waals surface area contributed by atoms with E-state index in [-0.39, 0.29) is 47.5 Å². The van der Waals surface area contributed by atoms with E-state index in [2.05, 4.69) is 11.7 Å². The zero-order valence-corrected chi connectivity index (χ0v) is 12.5. The summed E-state index contributed by atoms with van der Waals surface area (Å²) in [7, 11) is 0. The predicted molar refractivity (Wildman–Crippen MR) is 59.5 cm³/mol. The number of nitrogens with zero attached hydrogens (tertiary/aromatic N) is 1. The fourth-order valence-corrected chi connectivity index (χ4v) is 1.51. The first-order chi connectivity index (χ1) is 7.20. The van der Waals surface area contributed by atoms with Crippen molar-refractivity contribution in [3.8, 4) is 11.5 Å². The first-order valence-electron chi connectivity index (χ1n) is 4.64. The molecule has 1 unspecified atom stereocenters. The maximum atomic E-state index is 9.24. The van der Waals surface area contributed by atoms with E-state index in [4.69, 9.17) is 16.3 Å². The Morgan fingerprint density at radius 2 is 2.38 bits per heavy atom. The number of phenolic OH excluding ortho intramolecular Hbond substituents is 1. The molecule has 0 aliphatic heterocycles. The van der Waals surface area contributed by atoms with E-state index in [9.17, 15) is 5.11 Å². The molecule has 3 nitrogen and oxygen atoms in total. The third-order valence-electron chi connectivity index (χ3n) is 2.32. The van der Waals surface area contributed by atoms with Crippen molar-refractivity contribution in [1.29, 1.82) is 0 Å². The van der Waals surface area contributed by atoms with Crippen molar-refractivity contribution in [3.05, 3.63) is 29.3 Å². The van der Waals surface area contributed by atoms with Gasteiger partial charge in [-0.3, -0.25) is 0 Å². The molecule has 1 N–H and O–H groups in total. The van der Waals surface area contributed by atoms with Gasteiger partial charge in [0, 0.05) is 47.8 Å². The Morgan fingerprint density at radius 1 is 1.62 bits per heavy atom. The molecule has 1 atom stereocenters. The smallest absolute Gasteiger partial charge is 0.141 e. The van der Waals surface area contributed by atoms with Crippen LogP contribution in [0.1, 0.15) is 6.42 Å². The summed E-state index contributed by atoms with van der Waals surface area (Å²) in [4.78, 5) is 3.84. The van der Waals surface area contributed by atoms with E-state index in [1.165, 1.54) is 12.1 Å². The van der Waals surface area contributed by atoms with Crippen LogP contribution in [-0.4, -0.2) is 18.4 Å². The van der Waals surface area contributed by atoms with Crippen molar-refractivity contribution >= 4 is 18.3 Å². The number of hydrogen-bond donors (Lipinski definition) is 1. The zero-order valence-electron chi connectivity index (χ0n) is 8.61. The normalized spacial score (nSPS) is 17.6. The second kappa shape index (κ2) is 6.09. The summed E-state index contributed by atoms with van der Waals surface area (Å²) in [5, 5.41) is 9.75. The van der Waals surface area contributed by atoms with E-state index < -0.39 is 0 Å². The van der Waals surface area contributed by atoms with Crippen LogP contribution in [0, 0.1) is 53.7 Å². The Labute approximate surface area is 133 Å². The quantitative estimate of drug-likeness (QED) is 0.659. The van der Waals surface area contributed by atoms with Gasteiger partial charge in [0.25, 0.3) is 0 Å². The van der Waals surface area contributed by atoms with Gasteiger partial charge in [-0.25, -0.2) is 0 Å². The van der Waals surface area contributed by atoms with Crippen molar-refractivity contribution in [3.63, 3.8) is 0 Å². The third kappa shape index (κ3) is 3.51. The number of aromatic hydroxyl groups is 1. The van der Waals surface area contributed by atoms with Crippen LogP contribution < -0.4 is 4.74 Å². The molecule has 2 rings (SSSR count). The molecule has 0 aromatic heterocycles. The van der Waals surface area contributed by atoms with E-state index in [0.29, 0.717) is 23.3 Å². The molecule has 1 saturated carbocycles. The Bertz CT molecular complexity index is 386. The van der Waals surface area contributed by atoms with Gasteiger partial charge in [-0.1, -0.05) is 18.0 Å².